The second kappa shape index (κ2) is 6.05. The molecule has 0 aliphatic carbocycles. The molecule has 0 spiro atoms. The molecule has 0 rings (SSSR count). The van der Waals surface area contributed by atoms with Crippen LogP contribution in [0.5, 0.6) is 0 Å². The minimum atomic E-state index is -0.121. The molecule has 0 atom stereocenters. The van der Waals surface area contributed by atoms with E-state index in [1.807, 2.05) is 27.7 Å². The number of carbonyl (C=O) groups excluding carboxylic acids is 1. The van der Waals surface area contributed by atoms with E-state index >= 15 is 0 Å². The van der Waals surface area contributed by atoms with Crippen LogP contribution in [0.15, 0.2) is 0 Å². The molecule has 0 saturated heterocycles. The third kappa shape index (κ3) is 6.01. The van der Waals surface area contributed by atoms with Crippen LogP contribution in [0.1, 0.15) is 60.3 Å². The first-order chi connectivity index (χ1) is 6.40. The van der Waals surface area contributed by atoms with Gasteiger partial charge < -0.3 is 5.32 Å². The van der Waals surface area contributed by atoms with Crippen molar-refractivity contribution in [1.82, 2.24) is 5.32 Å². The van der Waals surface area contributed by atoms with Crippen LogP contribution in [0.4, 0.5) is 0 Å². The maximum absolute atomic E-state index is 11.7. The van der Waals surface area contributed by atoms with Gasteiger partial charge in [-0.25, -0.2) is 0 Å². The lowest BCUT2D eigenvalue weighted by molar-refractivity contribution is -0.121. The van der Waals surface area contributed by atoms with Crippen LogP contribution < -0.4 is 5.32 Å². The third-order valence-electron chi connectivity index (χ3n) is 2.07. The smallest absolute Gasteiger partial charge is 0.227 e. The van der Waals surface area contributed by atoms with Gasteiger partial charge in [-0.3, -0.25) is 4.79 Å². The molecule has 2 heteroatoms. The lowest BCUT2D eigenvalue weighted by atomic mass is 9.97. The highest BCUT2D eigenvalue weighted by Crippen LogP contribution is 2.16. The van der Waals surface area contributed by atoms with Crippen molar-refractivity contribution < 1.29 is 4.79 Å². The minimum Gasteiger partial charge on any atom is -0.351 e. The average molecular weight is 198 g/mol. The van der Waals surface area contributed by atoms with Crippen LogP contribution in [0, 0.1) is 5.92 Å². The third-order valence-corrected chi connectivity index (χ3v) is 2.07. The van der Waals surface area contributed by atoms with Gasteiger partial charge in [-0.2, -0.15) is 0 Å². The van der Waals surface area contributed by atoms with Crippen LogP contribution in [0.25, 0.3) is 0 Å². The van der Waals surface area contributed by atoms with Gasteiger partial charge in [0.2, 0.25) is 5.91 Å². The Kier molecular flexibility index (Phi) is 5.82. The van der Waals surface area contributed by atoms with Gasteiger partial charge in [0, 0.05) is 5.54 Å². The highest BCUT2D eigenvalue weighted by molar-refractivity contribution is 5.90. The van der Waals surface area contributed by atoms with E-state index in [0.29, 0.717) is 0 Å². The van der Waals surface area contributed by atoms with E-state index in [2.05, 4.69) is 12.2 Å². The normalized spacial score (nSPS) is 11.9. The van der Waals surface area contributed by atoms with Gasteiger partial charge in [0.15, 0.2) is 0 Å². The fourth-order valence-corrected chi connectivity index (χ4v) is 1.27. The monoisotopic (exact) mass is 198 g/mol. The lowest BCUT2D eigenvalue weighted by Gasteiger charge is -2.23. The molecule has 1 radical (unpaired) electrons. The van der Waals surface area contributed by atoms with Crippen molar-refractivity contribution in [3.05, 3.63) is 5.92 Å². The fraction of sp³-hybridized carbons (Fsp3) is 0.833. The second-order valence-electron chi connectivity index (χ2n) is 4.76. The molecule has 0 aromatic carbocycles. The quantitative estimate of drug-likeness (QED) is 0.722. The molecule has 0 saturated carbocycles. The maximum Gasteiger partial charge on any atom is 0.227 e. The van der Waals surface area contributed by atoms with Gasteiger partial charge in [0.1, 0.15) is 0 Å². The summed E-state index contributed by atoms with van der Waals surface area (Å²) in [5.41, 5.74) is -0.121. The molecule has 0 aliphatic heterocycles. The van der Waals surface area contributed by atoms with E-state index in [9.17, 15) is 4.79 Å². The first-order valence-corrected chi connectivity index (χ1v) is 5.58. The standard InChI is InChI=1S/C12H24NO/c1-6-8-9-10(7-2)11(14)13-12(3,4)5/h6-9H2,1-5H3,(H,13,14). The van der Waals surface area contributed by atoms with Gasteiger partial charge in [0.25, 0.3) is 0 Å². The molecule has 0 bridgehead atoms. The largest absolute Gasteiger partial charge is 0.351 e. The summed E-state index contributed by atoms with van der Waals surface area (Å²) in [6.45, 7) is 10.2. The molecular formula is C12H24NO. The predicted octanol–water partition coefficient (Wildman–Crippen LogP) is 3.08. The number of hydrogen-bond acceptors (Lipinski definition) is 1. The van der Waals surface area contributed by atoms with Crippen LogP contribution in [-0.2, 0) is 4.79 Å². The van der Waals surface area contributed by atoms with Crippen molar-refractivity contribution >= 4 is 5.91 Å². The molecule has 83 valence electrons. The highest BCUT2D eigenvalue weighted by atomic mass is 16.2. The Hall–Kier alpha value is -0.530. The van der Waals surface area contributed by atoms with E-state index in [-0.39, 0.29) is 11.4 Å². The fourth-order valence-electron chi connectivity index (χ4n) is 1.27. The van der Waals surface area contributed by atoms with E-state index in [0.717, 1.165) is 31.6 Å². The number of hydrogen-bond donors (Lipinski definition) is 1. The van der Waals surface area contributed by atoms with Crippen molar-refractivity contribution in [2.45, 2.75) is 65.8 Å². The predicted molar refractivity (Wildman–Crippen MR) is 61.0 cm³/mol. The zero-order valence-electron chi connectivity index (χ0n) is 10.2. The number of rotatable bonds is 5. The number of nitrogens with one attached hydrogen (secondary N) is 1. The highest BCUT2D eigenvalue weighted by Gasteiger charge is 2.21. The van der Waals surface area contributed by atoms with Crippen LogP contribution in [0.3, 0.4) is 0 Å². The first kappa shape index (κ1) is 13.5. The Morgan fingerprint density at radius 1 is 1.21 bits per heavy atom. The summed E-state index contributed by atoms with van der Waals surface area (Å²) in [5.74, 6) is 1.16. The molecule has 0 unspecified atom stereocenters. The number of amides is 1. The van der Waals surface area contributed by atoms with Gasteiger partial charge >= 0.3 is 0 Å². The Morgan fingerprint density at radius 2 is 1.79 bits per heavy atom. The van der Waals surface area contributed by atoms with E-state index in [4.69, 9.17) is 0 Å². The average Bonchev–Trinajstić information content (AvgIpc) is 2.02. The van der Waals surface area contributed by atoms with Gasteiger partial charge in [-0.05, 0) is 33.6 Å². The number of carbonyl (C=O) groups is 1. The van der Waals surface area contributed by atoms with E-state index < -0.39 is 0 Å². The molecule has 1 amide bonds. The van der Waals surface area contributed by atoms with E-state index in [1.54, 1.807) is 0 Å². The Morgan fingerprint density at radius 3 is 2.14 bits per heavy atom. The molecule has 14 heavy (non-hydrogen) atoms. The van der Waals surface area contributed by atoms with Crippen molar-refractivity contribution in [3.63, 3.8) is 0 Å². The molecule has 0 fully saturated rings. The van der Waals surface area contributed by atoms with Crippen LogP contribution in [-0.4, -0.2) is 11.4 Å². The van der Waals surface area contributed by atoms with Gasteiger partial charge in [-0.15, -0.1) is 0 Å². The van der Waals surface area contributed by atoms with Crippen molar-refractivity contribution in [2.24, 2.45) is 0 Å². The first-order valence-electron chi connectivity index (χ1n) is 5.58. The maximum atomic E-state index is 11.7. The summed E-state index contributed by atoms with van der Waals surface area (Å²) in [6.07, 6.45) is 4.06. The molecule has 0 aliphatic rings. The Balaban J connectivity index is 4.04. The van der Waals surface area contributed by atoms with Crippen molar-refractivity contribution in [2.75, 3.05) is 0 Å². The van der Waals surface area contributed by atoms with Gasteiger partial charge in [0.05, 0.1) is 5.92 Å². The summed E-state index contributed by atoms with van der Waals surface area (Å²) in [4.78, 5) is 11.7. The summed E-state index contributed by atoms with van der Waals surface area (Å²) in [6, 6.07) is 0. The zero-order chi connectivity index (χ0) is 11.2. The Labute approximate surface area is 88.5 Å². The molecule has 0 heterocycles. The minimum absolute atomic E-state index is 0.121. The number of unbranched alkanes of at least 4 members (excludes halogenated alkanes) is 1. The van der Waals surface area contributed by atoms with Crippen LogP contribution in [0.2, 0.25) is 0 Å². The summed E-state index contributed by atoms with van der Waals surface area (Å²) in [5, 5.41) is 3.00. The molecule has 2 nitrogen and oxygen atoms in total. The molecule has 0 aromatic rings. The topological polar surface area (TPSA) is 29.1 Å². The van der Waals surface area contributed by atoms with Crippen molar-refractivity contribution in [3.8, 4) is 0 Å². The molecular weight excluding hydrogens is 174 g/mol. The van der Waals surface area contributed by atoms with Crippen molar-refractivity contribution in [1.29, 1.82) is 0 Å². The zero-order valence-corrected chi connectivity index (χ0v) is 10.2. The Bertz CT molecular complexity index is 170. The lowest BCUT2D eigenvalue weighted by Crippen LogP contribution is -2.43. The summed E-state index contributed by atoms with van der Waals surface area (Å²) in [7, 11) is 0. The van der Waals surface area contributed by atoms with E-state index in [1.165, 1.54) is 0 Å². The second-order valence-corrected chi connectivity index (χ2v) is 4.76. The summed E-state index contributed by atoms with van der Waals surface area (Å²) < 4.78 is 0. The molecule has 1 N–H and O–H groups in total. The SMILES string of the molecule is CCCC[C](CC)C(=O)NC(C)(C)C. The molecule has 0 aromatic heterocycles. The van der Waals surface area contributed by atoms with Gasteiger partial charge in [-0.1, -0.05) is 26.7 Å². The van der Waals surface area contributed by atoms with Crippen LogP contribution >= 0.6 is 0 Å². The summed E-state index contributed by atoms with van der Waals surface area (Å²) >= 11 is 0.